The fraction of sp³-hybridized carbons (Fsp3) is 0.286. The number of sulfonamides is 1. The van der Waals surface area contributed by atoms with Gasteiger partial charge in [0.15, 0.2) is 0 Å². The molecule has 1 aromatic heterocycles. The molecule has 2 amide bonds. The molecule has 0 saturated heterocycles. The number of fused-ring (bicyclic) bond motifs is 1. The lowest BCUT2D eigenvalue weighted by Crippen LogP contribution is -2.37. The number of carbonyl (C=O) groups excluding carboxylic acids is 2. The molecule has 0 aliphatic heterocycles. The Kier molecular flexibility index (Phi) is 6.42. The molecule has 0 radical (unpaired) electrons. The largest absolute Gasteiger partial charge is 0.368 e. The number of nitrogens with one attached hydrogen (secondary N) is 1. The van der Waals surface area contributed by atoms with Gasteiger partial charge in [-0.25, -0.2) is 17.7 Å². The maximum Gasteiger partial charge on any atom is 0.244 e. The van der Waals surface area contributed by atoms with Gasteiger partial charge in [-0.3, -0.25) is 9.59 Å². The van der Waals surface area contributed by atoms with Crippen molar-refractivity contribution in [3.05, 3.63) is 59.9 Å². The van der Waals surface area contributed by atoms with E-state index in [4.69, 9.17) is 5.73 Å². The number of nitrogens with two attached hydrogens (primary N) is 1. The van der Waals surface area contributed by atoms with Gasteiger partial charge in [-0.1, -0.05) is 30.3 Å². The average molecular weight is 444 g/mol. The second kappa shape index (κ2) is 8.86. The maximum absolute atomic E-state index is 12.5. The van der Waals surface area contributed by atoms with E-state index in [-0.39, 0.29) is 17.2 Å². The summed E-state index contributed by atoms with van der Waals surface area (Å²) in [5, 5.41) is 2.66. The van der Waals surface area contributed by atoms with Gasteiger partial charge in [0.2, 0.25) is 21.8 Å². The molecule has 0 bridgehead atoms. The summed E-state index contributed by atoms with van der Waals surface area (Å²) in [6, 6.07) is 12.6. The fourth-order valence-corrected chi connectivity index (χ4v) is 4.17. The molecule has 1 unspecified atom stereocenters. The van der Waals surface area contributed by atoms with Gasteiger partial charge in [0, 0.05) is 34.0 Å². The van der Waals surface area contributed by atoms with Crippen molar-refractivity contribution in [1.82, 2.24) is 19.2 Å². The van der Waals surface area contributed by atoms with Gasteiger partial charge in [0.25, 0.3) is 0 Å². The first-order valence-electron chi connectivity index (χ1n) is 9.62. The van der Waals surface area contributed by atoms with E-state index in [1.54, 1.807) is 37.4 Å². The van der Waals surface area contributed by atoms with E-state index in [1.807, 2.05) is 10.6 Å². The Hall–Kier alpha value is -3.24. The summed E-state index contributed by atoms with van der Waals surface area (Å²) in [5.74, 6) is -0.354. The van der Waals surface area contributed by atoms with E-state index in [9.17, 15) is 18.0 Å². The number of primary amides is 1. The van der Waals surface area contributed by atoms with Crippen LogP contribution in [0.5, 0.6) is 0 Å². The molecule has 3 N–H and O–H groups in total. The molecular formula is C21H25N5O4S. The molecule has 31 heavy (non-hydrogen) atoms. The summed E-state index contributed by atoms with van der Waals surface area (Å²) in [6.07, 6.45) is 0.406. The Morgan fingerprint density at radius 3 is 2.45 bits per heavy atom. The normalized spacial score (nSPS) is 12.8. The quantitative estimate of drug-likeness (QED) is 0.539. The Bertz CT molecular complexity index is 1220. The molecule has 10 heteroatoms. The first-order chi connectivity index (χ1) is 14.6. The van der Waals surface area contributed by atoms with E-state index in [1.165, 1.54) is 26.2 Å². The van der Waals surface area contributed by atoms with Crippen LogP contribution in [-0.2, 0) is 33.1 Å². The van der Waals surface area contributed by atoms with Crippen LogP contribution in [0.3, 0.4) is 0 Å². The highest BCUT2D eigenvalue weighted by atomic mass is 32.2. The number of amides is 2. The lowest BCUT2D eigenvalue weighted by Gasteiger charge is -2.15. The van der Waals surface area contributed by atoms with Gasteiger partial charge in [-0.2, -0.15) is 0 Å². The van der Waals surface area contributed by atoms with Gasteiger partial charge in [-0.05, 0) is 23.8 Å². The molecule has 1 atom stereocenters. The number of nitrogens with zero attached hydrogens (tertiary/aromatic N) is 3. The topological polar surface area (TPSA) is 127 Å². The summed E-state index contributed by atoms with van der Waals surface area (Å²) in [7, 11) is 1.17. The van der Waals surface area contributed by atoms with Crippen molar-refractivity contribution in [1.29, 1.82) is 0 Å². The second-order valence-corrected chi connectivity index (χ2v) is 9.49. The standard InChI is InChI=1S/C21H25N5O4S/c1-25(2)31(29,30)15-9-10-17-16(13-15)23-18(26(17)3)11-12-19(27)24-20(21(22)28)14-7-5-4-6-8-14/h4-10,13,20H,11-12H2,1-3H3,(H2,22,28)(H,24,27). The summed E-state index contributed by atoms with van der Waals surface area (Å²) < 4.78 is 27.7. The second-order valence-electron chi connectivity index (χ2n) is 7.34. The molecule has 9 nitrogen and oxygen atoms in total. The smallest absolute Gasteiger partial charge is 0.244 e. The van der Waals surface area contributed by atoms with Crippen LogP contribution in [0.15, 0.2) is 53.4 Å². The fourth-order valence-electron chi connectivity index (χ4n) is 3.25. The number of hydrogen-bond acceptors (Lipinski definition) is 5. The number of hydrogen-bond donors (Lipinski definition) is 2. The number of imidazole rings is 1. The first-order valence-corrected chi connectivity index (χ1v) is 11.1. The zero-order chi connectivity index (χ0) is 22.8. The molecule has 0 aliphatic carbocycles. The van der Waals surface area contributed by atoms with Crippen molar-refractivity contribution in [2.45, 2.75) is 23.8 Å². The summed E-state index contributed by atoms with van der Waals surface area (Å²) >= 11 is 0. The van der Waals surface area contributed by atoms with Crippen LogP contribution < -0.4 is 11.1 Å². The third kappa shape index (κ3) is 4.75. The van der Waals surface area contributed by atoms with Crippen molar-refractivity contribution < 1.29 is 18.0 Å². The molecule has 0 spiro atoms. The Morgan fingerprint density at radius 2 is 1.84 bits per heavy atom. The molecule has 164 valence electrons. The number of aromatic nitrogens is 2. The summed E-state index contributed by atoms with van der Waals surface area (Å²) in [4.78, 5) is 28.9. The van der Waals surface area contributed by atoms with Gasteiger partial charge >= 0.3 is 0 Å². The minimum atomic E-state index is -3.57. The highest BCUT2D eigenvalue weighted by molar-refractivity contribution is 7.89. The predicted molar refractivity (Wildman–Crippen MR) is 116 cm³/mol. The van der Waals surface area contributed by atoms with Crippen molar-refractivity contribution in [2.24, 2.45) is 12.8 Å². The Balaban J connectivity index is 1.75. The Morgan fingerprint density at radius 1 is 1.16 bits per heavy atom. The van der Waals surface area contributed by atoms with E-state index >= 15 is 0 Å². The van der Waals surface area contributed by atoms with Crippen LogP contribution in [0.25, 0.3) is 11.0 Å². The molecule has 2 aromatic carbocycles. The van der Waals surface area contributed by atoms with Crippen LogP contribution in [0, 0.1) is 0 Å². The van der Waals surface area contributed by atoms with Crippen LogP contribution in [-0.4, -0.2) is 48.2 Å². The van der Waals surface area contributed by atoms with Crippen molar-refractivity contribution >= 4 is 32.9 Å². The molecule has 0 fully saturated rings. The molecule has 3 aromatic rings. The van der Waals surface area contributed by atoms with Crippen LogP contribution in [0.2, 0.25) is 0 Å². The van der Waals surface area contributed by atoms with Crippen LogP contribution in [0.1, 0.15) is 23.9 Å². The molecule has 0 saturated carbocycles. The predicted octanol–water partition coefficient (Wildman–Crippen LogP) is 1.10. The zero-order valence-electron chi connectivity index (χ0n) is 17.6. The van der Waals surface area contributed by atoms with E-state index in [0.29, 0.717) is 23.3 Å². The van der Waals surface area contributed by atoms with Crippen LogP contribution in [0.4, 0.5) is 0 Å². The van der Waals surface area contributed by atoms with E-state index < -0.39 is 22.0 Å². The van der Waals surface area contributed by atoms with Gasteiger partial charge in [0.05, 0.1) is 15.9 Å². The van der Waals surface area contributed by atoms with E-state index in [0.717, 1.165) is 9.82 Å². The molecule has 0 aliphatic rings. The lowest BCUT2D eigenvalue weighted by molar-refractivity contribution is -0.127. The van der Waals surface area contributed by atoms with Gasteiger partial charge in [-0.15, -0.1) is 0 Å². The highest BCUT2D eigenvalue weighted by Gasteiger charge is 2.21. The summed E-state index contributed by atoms with van der Waals surface area (Å²) in [6.45, 7) is 0. The third-order valence-corrected chi connectivity index (χ3v) is 6.83. The number of carbonyl (C=O) groups is 2. The van der Waals surface area contributed by atoms with Crippen molar-refractivity contribution in [2.75, 3.05) is 14.1 Å². The maximum atomic E-state index is 12.5. The third-order valence-electron chi connectivity index (χ3n) is 5.02. The van der Waals surface area contributed by atoms with Gasteiger partial charge < -0.3 is 15.6 Å². The highest BCUT2D eigenvalue weighted by Crippen LogP contribution is 2.22. The monoisotopic (exact) mass is 443 g/mol. The summed E-state index contributed by atoms with van der Waals surface area (Å²) in [5.41, 5.74) is 7.34. The average Bonchev–Trinajstić information content (AvgIpc) is 3.05. The number of rotatable bonds is 8. The molecular weight excluding hydrogens is 418 g/mol. The van der Waals surface area contributed by atoms with Crippen LogP contribution >= 0.6 is 0 Å². The minimum absolute atomic E-state index is 0.0939. The number of benzene rings is 2. The SMILES string of the molecule is CN(C)S(=O)(=O)c1ccc2c(c1)nc(CCC(=O)NC(C(N)=O)c1ccccc1)n2C. The van der Waals surface area contributed by atoms with Crippen molar-refractivity contribution in [3.63, 3.8) is 0 Å². The Labute approximate surface area is 180 Å². The number of aryl methyl sites for hydroxylation is 2. The van der Waals surface area contributed by atoms with Gasteiger partial charge in [0.1, 0.15) is 11.9 Å². The molecule has 3 rings (SSSR count). The molecule has 1 heterocycles. The zero-order valence-corrected chi connectivity index (χ0v) is 18.4. The van der Waals surface area contributed by atoms with E-state index in [2.05, 4.69) is 10.3 Å². The lowest BCUT2D eigenvalue weighted by atomic mass is 10.1. The van der Waals surface area contributed by atoms with Crippen molar-refractivity contribution in [3.8, 4) is 0 Å². The first kappa shape index (κ1) is 22.4. The minimum Gasteiger partial charge on any atom is -0.368 e.